The highest BCUT2D eigenvalue weighted by Crippen LogP contribution is 2.24. The molecule has 1 aromatic carbocycles. The Bertz CT molecular complexity index is 1230. The first-order chi connectivity index (χ1) is 14.8. The minimum Gasteiger partial charge on any atom is -0.324 e. The minimum absolute atomic E-state index is 0.112. The molecule has 3 heterocycles. The van der Waals surface area contributed by atoms with Crippen molar-refractivity contribution in [1.29, 1.82) is 0 Å². The van der Waals surface area contributed by atoms with Gasteiger partial charge in [0.05, 0.1) is 17.6 Å². The zero-order valence-corrected chi connectivity index (χ0v) is 18.3. The summed E-state index contributed by atoms with van der Waals surface area (Å²) < 4.78 is 28.4. The predicted octanol–water partition coefficient (Wildman–Crippen LogP) is 2.93. The van der Waals surface area contributed by atoms with Gasteiger partial charge < -0.3 is 5.32 Å². The molecule has 2 aromatic heterocycles. The maximum atomic E-state index is 12.7. The summed E-state index contributed by atoms with van der Waals surface area (Å²) in [5, 5.41) is 9.39. The normalized spacial score (nSPS) is 16.2. The van der Waals surface area contributed by atoms with E-state index in [1.807, 2.05) is 50.4 Å². The molecule has 0 bridgehead atoms. The Morgan fingerprint density at radius 3 is 2.61 bits per heavy atom. The average molecular weight is 440 g/mol. The summed E-state index contributed by atoms with van der Waals surface area (Å²) in [6.07, 6.45) is 4.17. The third kappa shape index (κ3) is 4.67. The highest BCUT2D eigenvalue weighted by molar-refractivity contribution is 7.92. The van der Waals surface area contributed by atoms with Gasteiger partial charge >= 0.3 is 0 Å². The lowest BCUT2D eigenvalue weighted by Crippen LogP contribution is -2.40. The molecule has 0 unspecified atom stereocenters. The van der Waals surface area contributed by atoms with Gasteiger partial charge in [-0.25, -0.2) is 13.4 Å². The van der Waals surface area contributed by atoms with E-state index in [1.165, 1.54) is 9.71 Å². The molecular weight excluding hydrogens is 414 g/mol. The van der Waals surface area contributed by atoms with Crippen LogP contribution in [0.15, 0.2) is 48.0 Å². The lowest BCUT2D eigenvalue weighted by Gasteiger charge is -2.29. The summed E-state index contributed by atoms with van der Waals surface area (Å²) in [7, 11) is -1.68. The lowest BCUT2D eigenvalue weighted by molar-refractivity contribution is -0.120. The second kappa shape index (κ2) is 8.60. The number of aromatic nitrogens is 3. The Labute approximate surface area is 181 Å². The molecule has 8 nitrogen and oxygen atoms in total. The molecule has 1 N–H and O–H groups in total. The average Bonchev–Trinajstić information content (AvgIpc) is 3.06. The molecule has 0 radical (unpaired) electrons. The third-order valence-corrected chi connectivity index (χ3v) is 7.11. The zero-order chi connectivity index (χ0) is 22.0. The van der Waals surface area contributed by atoms with Crippen molar-refractivity contribution in [2.75, 3.05) is 18.4 Å². The molecule has 1 amide bonds. The van der Waals surface area contributed by atoms with E-state index in [9.17, 15) is 13.2 Å². The summed E-state index contributed by atoms with van der Waals surface area (Å²) in [4.78, 5) is 17.1. The Kier molecular flexibility index (Phi) is 5.88. The monoisotopic (exact) mass is 439 g/mol. The fourth-order valence-corrected chi connectivity index (χ4v) is 5.03. The molecule has 0 atom stereocenters. The Morgan fingerprint density at radius 1 is 1.19 bits per heavy atom. The largest absolute Gasteiger partial charge is 0.324 e. The lowest BCUT2D eigenvalue weighted by atomic mass is 9.97. The standard InChI is InChI=1S/C22H25N5O3S/c1-16-20-14-19(15-23-21(20)26(2)25-16)24-22(28)18-8-11-27(12-9-18)31(29,30)13-10-17-6-4-3-5-7-17/h3-7,10,13-15,18H,8-9,11-12H2,1-2H3,(H,24,28)/b13-10+. The number of carbonyl (C=O) groups is 1. The molecule has 0 spiro atoms. The van der Waals surface area contributed by atoms with Gasteiger partial charge in [-0.15, -0.1) is 0 Å². The van der Waals surface area contributed by atoms with Crippen LogP contribution in [-0.2, 0) is 21.9 Å². The van der Waals surface area contributed by atoms with Gasteiger partial charge in [-0.2, -0.15) is 9.40 Å². The number of rotatable bonds is 5. The van der Waals surface area contributed by atoms with Crippen molar-refractivity contribution in [1.82, 2.24) is 19.1 Å². The van der Waals surface area contributed by atoms with Crippen molar-refractivity contribution in [3.63, 3.8) is 0 Å². The Hall–Kier alpha value is -3.04. The minimum atomic E-state index is -3.51. The van der Waals surface area contributed by atoms with Gasteiger partial charge in [-0.3, -0.25) is 9.48 Å². The maximum absolute atomic E-state index is 12.7. The number of fused-ring (bicyclic) bond motifs is 1. The van der Waals surface area contributed by atoms with Crippen LogP contribution >= 0.6 is 0 Å². The number of nitrogens with one attached hydrogen (secondary N) is 1. The van der Waals surface area contributed by atoms with E-state index in [0.717, 1.165) is 22.3 Å². The molecule has 1 fully saturated rings. The molecule has 1 aliphatic rings. The number of sulfonamides is 1. The van der Waals surface area contributed by atoms with Crippen molar-refractivity contribution in [3.05, 3.63) is 59.3 Å². The molecule has 31 heavy (non-hydrogen) atoms. The summed E-state index contributed by atoms with van der Waals surface area (Å²) >= 11 is 0. The number of hydrogen-bond donors (Lipinski definition) is 1. The van der Waals surface area contributed by atoms with Crippen molar-refractivity contribution >= 4 is 38.7 Å². The van der Waals surface area contributed by atoms with Crippen LogP contribution in [0.3, 0.4) is 0 Å². The van der Waals surface area contributed by atoms with E-state index < -0.39 is 10.0 Å². The molecule has 0 aliphatic carbocycles. The van der Waals surface area contributed by atoms with Gasteiger partial charge in [0.15, 0.2) is 5.65 Å². The fourth-order valence-electron chi connectivity index (χ4n) is 3.81. The first-order valence-corrected chi connectivity index (χ1v) is 11.7. The van der Waals surface area contributed by atoms with Crippen LogP contribution in [-0.4, -0.2) is 46.5 Å². The Morgan fingerprint density at radius 2 is 1.90 bits per heavy atom. The van der Waals surface area contributed by atoms with Crippen molar-refractivity contribution < 1.29 is 13.2 Å². The van der Waals surface area contributed by atoms with Gasteiger partial charge in [0.25, 0.3) is 0 Å². The van der Waals surface area contributed by atoms with Crippen LogP contribution in [0.4, 0.5) is 5.69 Å². The second-order valence-corrected chi connectivity index (χ2v) is 9.54. The van der Waals surface area contributed by atoms with Gasteiger partial charge in [0, 0.05) is 36.8 Å². The zero-order valence-electron chi connectivity index (χ0n) is 17.5. The van der Waals surface area contributed by atoms with Gasteiger partial charge in [-0.05, 0) is 37.5 Å². The maximum Gasteiger partial charge on any atom is 0.236 e. The molecule has 162 valence electrons. The second-order valence-electron chi connectivity index (χ2n) is 7.73. The molecule has 1 saturated heterocycles. The van der Waals surface area contributed by atoms with Crippen molar-refractivity contribution in [2.45, 2.75) is 19.8 Å². The first kappa shape index (κ1) is 21.2. The number of amides is 1. The third-order valence-electron chi connectivity index (χ3n) is 5.55. The number of hydrogen-bond acceptors (Lipinski definition) is 5. The van der Waals surface area contributed by atoms with Crippen molar-refractivity contribution in [2.24, 2.45) is 13.0 Å². The Balaban J connectivity index is 1.36. The van der Waals surface area contributed by atoms with Crippen LogP contribution in [0.1, 0.15) is 24.1 Å². The fraction of sp³-hybridized carbons (Fsp3) is 0.318. The molecule has 9 heteroatoms. The number of benzene rings is 1. The van der Waals surface area contributed by atoms with E-state index in [1.54, 1.807) is 17.0 Å². The number of nitrogens with zero attached hydrogens (tertiary/aromatic N) is 4. The van der Waals surface area contributed by atoms with Crippen LogP contribution < -0.4 is 5.32 Å². The van der Waals surface area contributed by atoms with E-state index in [4.69, 9.17) is 0 Å². The summed E-state index contributed by atoms with van der Waals surface area (Å²) in [5.41, 5.74) is 3.06. The number of aryl methyl sites for hydroxylation is 2. The smallest absolute Gasteiger partial charge is 0.236 e. The van der Waals surface area contributed by atoms with E-state index >= 15 is 0 Å². The molecule has 4 rings (SSSR count). The number of pyridine rings is 1. The predicted molar refractivity (Wildman–Crippen MR) is 121 cm³/mol. The number of carbonyl (C=O) groups excluding carboxylic acids is 1. The molecule has 1 aliphatic heterocycles. The molecular formula is C22H25N5O3S. The van der Waals surface area contributed by atoms with Gasteiger partial charge in [-0.1, -0.05) is 30.3 Å². The van der Waals surface area contributed by atoms with E-state index in [2.05, 4.69) is 15.4 Å². The van der Waals surface area contributed by atoms with Crippen LogP contribution in [0.25, 0.3) is 17.1 Å². The number of piperidine rings is 1. The van der Waals surface area contributed by atoms with Crippen molar-refractivity contribution in [3.8, 4) is 0 Å². The van der Waals surface area contributed by atoms with Crippen LogP contribution in [0, 0.1) is 12.8 Å². The highest BCUT2D eigenvalue weighted by atomic mass is 32.2. The highest BCUT2D eigenvalue weighted by Gasteiger charge is 2.30. The summed E-state index contributed by atoms with van der Waals surface area (Å²) in [5.74, 6) is -0.352. The number of anilines is 1. The first-order valence-electron chi connectivity index (χ1n) is 10.2. The SMILES string of the molecule is Cc1nn(C)c2ncc(NC(=O)C3CCN(S(=O)(=O)/C=C/c4ccccc4)CC3)cc12. The van der Waals surface area contributed by atoms with Gasteiger partial charge in [0.2, 0.25) is 15.9 Å². The molecule has 3 aromatic rings. The quantitative estimate of drug-likeness (QED) is 0.659. The van der Waals surface area contributed by atoms with Gasteiger partial charge in [0.1, 0.15) is 0 Å². The molecule has 0 saturated carbocycles. The van der Waals surface area contributed by atoms with E-state index in [0.29, 0.717) is 31.6 Å². The summed E-state index contributed by atoms with van der Waals surface area (Å²) in [6.45, 7) is 2.54. The summed E-state index contributed by atoms with van der Waals surface area (Å²) in [6, 6.07) is 11.2. The van der Waals surface area contributed by atoms with Crippen LogP contribution in [0.5, 0.6) is 0 Å². The van der Waals surface area contributed by atoms with E-state index in [-0.39, 0.29) is 11.8 Å². The topological polar surface area (TPSA) is 97.2 Å². The van der Waals surface area contributed by atoms with Crippen LogP contribution in [0.2, 0.25) is 0 Å².